The summed E-state index contributed by atoms with van der Waals surface area (Å²) in [5.41, 5.74) is 1.53. The number of carbonyl (C=O) groups is 2. The molecule has 2 aromatic carbocycles. The molecule has 1 N–H and O–H groups in total. The predicted octanol–water partition coefficient (Wildman–Crippen LogP) is 5.31. The second-order valence-corrected chi connectivity index (χ2v) is 8.46. The zero-order chi connectivity index (χ0) is 22.1. The number of nitrogens with zero attached hydrogens (tertiary/aromatic N) is 1. The van der Waals surface area contributed by atoms with Crippen LogP contribution in [0.2, 0.25) is 10.0 Å². The highest BCUT2D eigenvalue weighted by molar-refractivity contribution is 7.99. The van der Waals surface area contributed by atoms with Crippen molar-refractivity contribution in [2.75, 3.05) is 12.3 Å². The third-order valence-electron chi connectivity index (χ3n) is 4.53. The smallest absolute Gasteiger partial charge is 0.242 e. The maximum Gasteiger partial charge on any atom is 0.242 e. The van der Waals surface area contributed by atoms with Gasteiger partial charge in [0.2, 0.25) is 11.8 Å². The van der Waals surface area contributed by atoms with Crippen LogP contribution in [0.5, 0.6) is 0 Å². The number of rotatable bonds is 10. The highest BCUT2D eigenvalue weighted by Gasteiger charge is 2.29. The van der Waals surface area contributed by atoms with Gasteiger partial charge in [-0.15, -0.1) is 11.8 Å². The van der Waals surface area contributed by atoms with Crippen LogP contribution in [0.4, 0.5) is 4.39 Å². The van der Waals surface area contributed by atoms with E-state index < -0.39 is 6.04 Å². The lowest BCUT2D eigenvalue weighted by atomic mass is 10.1. The molecule has 0 fully saturated rings. The second kappa shape index (κ2) is 12.2. The summed E-state index contributed by atoms with van der Waals surface area (Å²) >= 11 is 14.0. The molecule has 8 heteroatoms. The van der Waals surface area contributed by atoms with Crippen LogP contribution in [-0.4, -0.2) is 35.1 Å². The van der Waals surface area contributed by atoms with Gasteiger partial charge in [-0.3, -0.25) is 9.59 Å². The lowest BCUT2D eigenvalue weighted by Gasteiger charge is -2.31. The van der Waals surface area contributed by atoms with Crippen molar-refractivity contribution in [1.82, 2.24) is 10.2 Å². The molecule has 0 aliphatic heterocycles. The Bertz CT molecular complexity index is 844. The fourth-order valence-electron chi connectivity index (χ4n) is 2.99. The van der Waals surface area contributed by atoms with Crippen molar-refractivity contribution in [3.05, 3.63) is 69.5 Å². The molecule has 2 rings (SSSR count). The zero-order valence-corrected chi connectivity index (χ0v) is 19.3. The molecular weight excluding hydrogens is 446 g/mol. The number of hydrogen-bond acceptors (Lipinski definition) is 3. The first kappa shape index (κ1) is 24.5. The number of hydrogen-bond donors (Lipinski definition) is 1. The summed E-state index contributed by atoms with van der Waals surface area (Å²) in [4.78, 5) is 27.2. The normalized spacial score (nSPS) is 11.8. The minimum absolute atomic E-state index is 0.143. The molecule has 0 heterocycles. The van der Waals surface area contributed by atoms with Crippen LogP contribution in [0.3, 0.4) is 0 Å². The van der Waals surface area contributed by atoms with Crippen molar-refractivity contribution in [2.45, 2.75) is 38.6 Å². The number of nitrogens with one attached hydrogen (secondary N) is 1. The third kappa shape index (κ3) is 6.89. The summed E-state index contributed by atoms with van der Waals surface area (Å²) in [6.45, 7) is 4.31. The van der Waals surface area contributed by atoms with Gasteiger partial charge in [0.1, 0.15) is 11.9 Å². The number of amides is 2. The number of carbonyl (C=O) groups excluding carboxylic acids is 2. The Morgan fingerprint density at radius 1 is 1.10 bits per heavy atom. The largest absolute Gasteiger partial charge is 0.355 e. The topological polar surface area (TPSA) is 49.4 Å². The number of benzene rings is 2. The molecule has 30 heavy (non-hydrogen) atoms. The fraction of sp³-hybridized carbons (Fsp3) is 0.364. The summed E-state index contributed by atoms with van der Waals surface area (Å²) < 4.78 is 13.1. The van der Waals surface area contributed by atoms with Crippen molar-refractivity contribution in [1.29, 1.82) is 0 Å². The standard InChI is InChI=1S/C22H25Cl2FN2O2S/c1-3-20(22(29)26-4-2)27(12-17-18(23)6-5-7-19(17)24)21(28)14-30-13-15-8-10-16(25)11-9-15/h5-11,20H,3-4,12-14H2,1-2H3,(H,26,29)/t20-/m0/s1. The fourth-order valence-corrected chi connectivity index (χ4v) is 4.37. The minimum Gasteiger partial charge on any atom is -0.355 e. The lowest BCUT2D eigenvalue weighted by molar-refractivity contribution is -0.139. The monoisotopic (exact) mass is 470 g/mol. The molecule has 1 atom stereocenters. The Labute approximate surface area is 191 Å². The summed E-state index contributed by atoms with van der Waals surface area (Å²) in [5, 5.41) is 3.69. The molecule has 0 aromatic heterocycles. The van der Waals surface area contributed by atoms with Crippen molar-refractivity contribution in [2.24, 2.45) is 0 Å². The average Bonchev–Trinajstić information content (AvgIpc) is 2.71. The Morgan fingerprint density at radius 2 is 1.73 bits per heavy atom. The predicted molar refractivity (Wildman–Crippen MR) is 122 cm³/mol. The summed E-state index contributed by atoms with van der Waals surface area (Å²) in [6, 6.07) is 10.7. The van der Waals surface area contributed by atoms with Gasteiger partial charge in [-0.05, 0) is 43.2 Å². The zero-order valence-electron chi connectivity index (χ0n) is 17.0. The van der Waals surface area contributed by atoms with E-state index in [1.54, 1.807) is 30.3 Å². The van der Waals surface area contributed by atoms with E-state index in [-0.39, 0.29) is 29.9 Å². The van der Waals surface area contributed by atoms with Gasteiger partial charge in [0.15, 0.2) is 0 Å². The Hall–Kier alpha value is -1.76. The van der Waals surface area contributed by atoms with E-state index in [9.17, 15) is 14.0 Å². The van der Waals surface area contributed by atoms with E-state index in [1.165, 1.54) is 28.8 Å². The Morgan fingerprint density at radius 3 is 2.30 bits per heavy atom. The SMILES string of the molecule is CCNC(=O)[C@H](CC)N(Cc1c(Cl)cccc1Cl)C(=O)CSCc1ccc(F)cc1. The molecule has 0 bridgehead atoms. The molecule has 0 aliphatic rings. The van der Waals surface area contributed by atoms with Gasteiger partial charge in [0.05, 0.1) is 5.75 Å². The second-order valence-electron chi connectivity index (χ2n) is 6.66. The number of thioether (sulfide) groups is 1. The Balaban J connectivity index is 2.17. The molecule has 0 radical (unpaired) electrons. The molecule has 0 saturated carbocycles. The Kier molecular flexibility index (Phi) is 9.95. The van der Waals surface area contributed by atoms with E-state index in [2.05, 4.69) is 5.32 Å². The van der Waals surface area contributed by atoms with E-state index in [4.69, 9.17) is 23.2 Å². The quantitative estimate of drug-likeness (QED) is 0.511. The molecule has 162 valence electrons. The molecule has 0 unspecified atom stereocenters. The van der Waals surface area contributed by atoms with Crippen LogP contribution >= 0.6 is 35.0 Å². The van der Waals surface area contributed by atoms with Crippen LogP contribution in [0, 0.1) is 5.82 Å². The van der Waals surface area contributed by atoms with Crippen LogP contribution in [0.15, 0.2) is 42.5 Å². The average molecular weight is 471 g/mol. The van der Waals surface area contributed by atoms with Gasteiger partial charge in [-0.1, -0.05) is 48.3 Å². The van der Waals surface area contributed by atoms with Crippen LogP contribution in [0.25, 0.3) is 0 Å². The summed E-state index contributed by atoms with van der Waals surface area (Å²) in [7, 11) is 0. The minimum atomic E-state index is -0.629. The maximum atomic E-state index is 13.1. The van der Waals surface area contributed by atoms with Gasteiger partial charge >= 0.3 is 0 Å². The first-order chi connectivity index (χ1) is 14.4. The molecule has 0 aliphatic carbocycles. The molecule has 2 aromatic rings. The molecule has 2 amide bonds. The van der Waals surface area contributed by atoms with E-state index in [1.807, 2.05) is 13.8 Å². The molecule has 0 spiro atoms. The molecule has 0 saturated heterocycles. The van der Waals surface area contributed by atoms with Crippen LogP contribution in [0.1, 0.15) is 31.4 Å². The van der Waals surface area contributed by atoms with Crippen LogP contribution in [-0.2, 0) is 21.9 Å². The van der Waals surface area contributed by atoms with Crippen molar-refractivity contribution >= 4 is 46.8 Å². The van der Waals surface area contributed by atoms with Crippen molar-refractivity contribution in [3.8, 4) is 0 Å². The van der Waals surface area contributed by atoms with Crippen molar-refractivity contribution in [3.63, 3.8) is 0 Å². The highest BCUT2D eigenvalue weighted by atomic mass is 35.5. The maximum absolute atomic E-state index is 13.1. The van der Waals surface area contributed by atoms with Crippen LogP contribution < -0.4 is 5.32 Å². The van der Waals surface area contributed by atoms with E-state index in [0.717, 1.165) is 5.56 Å². The van der Waals surface area contributed by atoms with E-state index in [0.29, 0.717) is 34.3 Å². The van der Waals surface area contributed by atoms with Gasteiger partial charge < -0.3 is 10.2 Å². The van der Waals surface area contributed by atoms with Gasteiger partial charge in [-0.2, -0.15) is 0 Å². The van der Waals surface area contributed by atoms with Gasteiger partial charge in [0.25, 0.3) is 0 Å². The lowest BCUT2D eigenvalue weighted by Crippen LogP contribution is -2.49. The third-order valence-corrected chi connectivity index (χ3v) is 6.23. The summed E-state index contributed by atoms with van der Waals surface area (Å²) in [6.07, 6.45) is 0.461. The van der Waals surface area contributed by atoms with Crippen molar-refractivity contribution < 1.29 is 14.0 Å². The number of halogens is 3. The molecular formula is C22H25Cl2FN2O2S. The highest BCUT2D eigenvalue weighted by Crippen LogP contribution is 2.27. The van der Waals surface area contributed by atoms with Gasteiger partial charge in [-0.25, -0.2) is 4.39 Å². The molecule has 4 nitrogen and oxygen atoms in total. The van der Waals surface area contributed by atoms with E-state index >= 15 is 0 Å². The summed E-state index contributed by atoms with van der Waals surface area (Å²) in [5.74, 6) is 0.0478. The first-order valence-corrected chi connectivity index (χ1v) is 11.6. The number of likely N-dealkylation sites (N-methyl/N-ethyl adjacent to an activating group) is 1. The first-order valence-electron chi connectivity index (χ1n) is 9.69. The van der Waals surface area contributed by atoms with Gasteiger partial charge in [0, 0.05) is 34.5 Å².